The topological polar surface area (TPSA) is 64.3 Å². The summed E-state index contributed by atoms with van der Waals surface area (Å²) >= 11 is 0. The van der Waals surface area contributed by atoms with Crippen LogP contribution in [0.4, 0.5) is 26.3 Å². The van der Waals surface area contributed by atoms with Gasteiger partial charge in [0.1, 0.15) is 0 Å². The molecule has 0 fully saturated rings. The third kappa shape index (κ3) is 5.53. The maximum Gasteiger partial charge on any atom is 0.423 e. The summed E-state index contributed by atoms with van der Waals surface area (Å²) in [5.74, 6) is -0.890. The lowest BCUT2D eigenvalue weighted by molar-refractivity contribution is -0.322. The van der Waals surface area contributed by atoms with E-state index >= 15 is 0 Å². The molecule has 1 unspecified atom stereocenters. The number of hydrogen-bond acceptors (Lipinski definition) is 3. The number of alkyl halides is 6. The Labute approximate surface area is 111 Å². The molecule has 0 saturated carbocycles. The number of hydrogen-bond donors (Lipinski definition) is 2. The molecule has 0 rings (SSSR count). The Morgan fingerprint density at radius 2 is 1.65 bits per heavy atom. The van der Waals surface area contributed by atoms with E-state index < -0.39 is 42.9 Å². The molecule has 0 saturated heterocycles. The first-order valence-electron chi connectivity index (χ1n) is 5.64. The highest BCUT2D eigenvalue weighted by Crippen LogP contribution is 2.35. The minimum Gasteiger partial charge on any atom is -0.368 e. The van der Waals surface area contributed by atoms with Crippen molar-refractivity contribution in [2.45, 2.75) is 44.3 Å². The second-order valence-electron chi connectivity index (χ2n) is 4.31. The Kier molecular flexibility index (Phi) is 6.27. The van der Waals surface area contributed by atoms with E-state index in [-0.39, 0.29) is 6.54 Å². The molecule has 1 amide bonds. The van der Waals surface area contributed by atoms with Crippen molar-refractivity contribution in [1.29, 1.82) is 0 Å². The van der Waals surface area contributed by atoms with Gasteiger partial charge in [-0.3, -0.25) is 4.79 Å². The van der Waals surface area contributed by atoms with Crippen molar-refractivity contribution >= 4 is 5.91 Å². The highest BCUT2D eigenvalue weighted by atomic mass is 19.4. The fraction of sp³-hybridized carbons (Fsp3) is 0.900. The van der Waals surface area contributed by atoms with Crippen LogP contribution >= 0.6 is 0 Å². The number of carbonyl (C=O) groups is 1. The Morgan fingerprint density at radius 3 is 1.95 bits per heavy atom. The molecular formula is C10H16F6N2O2. The molecule has 0 aromatic heterocycles. The summed E-state index contributed by atoms with van der Waals surface area (Å²) in [6, 6.07) is 0. The molecule has 0 aliphatic rings. The first-order chi connectivity index (χ1) is 8.84. The van der Waals surface area contributed by atoms with Gasteiger partial charge in [0, 0.05) is 0 Å². The first-order valence-corrected chi connectivity index (χ1v) is 5.64. The molecular weight excluding hydrogens is 294 g/mol. The zero-order chi connectivity index (χ0) is 16.2. The van der Waals surface area contributed by atoms with Gasteiger partial charge in [-0.15, -0.1) is 0 Å². The molecule has 0 heterocycles. The molecule has 4 nitrogen and oxygen atoms in total. The molecule has 120 valence electrons. The molecule has 0 aromatic rings. The average Bonchev–Trinajstić information content (AvgIpc) is 2.20. The van der Waals surface area contributed by atoms with Gasteiger partial charge in [-0.2, -0.15) is 26.3 Å². The first kappa shape index (κ1) is 19.0. The van der Waals surface area contributed by atoms with Gasteiger partial charge in [0.25, 0.3) is 0 Å². The fourth-order valence-electron chi connectivity index (χ4n) is 1.44. The molecule has 0 bridgehead atoms. The predicted molar refractivity (Wildman–Crippen MR) is 57.7 cm³/mol. The second kappa shape index (κ2) is 6.61. The summed E-state index contributed by atoms with van der Waals surface area (Å²) in [5.41, 5.74) is 3.61. The van der Waals surface area contributed by atoms with E-state index in [1.807, 2.05) is 0 Å². The van der Waals surface area contributed by atoms with E-state index in [4.69, 9.17) is 5.73 Å². The van der Waals surface area contributed by atoms with Crippen molar-refractivity contribution in [1.82, 2.24) is 5.32 Å². The minimum atomic E-state index is -5.57. The van der Waals surface area contributed by atoms with Gasteiger partial charge in [0.2, 0.25) is 12.0 Å². The summed E-state index contributed by atoms with van der Waals surface area (Å²) in [6.07, 6.45) is -15.4. The summed E-state index contributed by atoms with van der Waals surface area (Å²) in [5, 5.41) is 2.59. The van der Waals surface area contributed by atoms with E-state index in [2.05, 4.69) is 10.1 Å². The second-order valence-corrected chi connectivity index (χ2v) is 4.31. The van der Waals surface area contributed by atoms with Crippen molar-refractivity contribution in [3.63, 3.8) is 0 Å². The summed E-state index contributed by atoms with van der Waals surface area (Å²) in [6.45, 7) is 2.23. The van der Waals surface area contributed by atoms with E-state index in [0.717, 1.165) is 0 Å². The lowest BCUT2D eigenvalue weighted by Crippen LogP contribution is -2.54. The number of ether oxygens (including phenoxy) is 1. The van der Waals surface area contributed by atoms with Crippen LogP contribution in [-0.4, -0.2) is 43.1 Å². The highest BCUT2D eigenvalue weighted by Gasteiger charge is 2.58. The lowest BCUT2D eigenvalue weighted by Gasteiger charge is -2.29. The van der Waals surface area contributed by atoms with Crippen LogP contribution in [0.5, 0.6) is 0 Å². The molecule has 0 spiro atoms. The van der Waals surface area contributed by atoms with Crippen LogP contribution in [0.15, 0.2) is 0 Å². The SMILES string of the molecule is CCNC(C)(CCOC(C(F)(F)F)C(F)(F)F)C(N)=O. The standard InChI is InChI=1S/C10H16F6N2O2/c1-3-18-8(2,7(17)19)4-5-20-6(9(11,12)13)10(14,15)16/h6,18H,3-5H2,1-2H3,(H2,17,19). The van der Waals surface area contributed by atoms with Crippen LogP contribution in [0.1, 0.15) is 20.3 Å². The highest BCUT2D eigenvalue weighted by molar-refractivity contribution is 5.84. The number of amides is 1. The number of carbonyl (C=O) groups excluding carboxylic acids is 1. The largest absolute Gasteiger partial charge is 0.423 e. The normalized spacial score (nSPS) is 16.2. The number of rotatable bonds is 7. The van der Waals surface area contributed by atoms with E-state index in [1.54, 1.807) is 6.92 Å². The Morgan fingerprint density at radius 1 is 1.20 bits per heavy atom. The summed E-state index contributed by atoms with van der Waals surface area (Å²) in [7, 11) is 0. The maximum absolute atomic E-state index is 12.2. The summed E-state index contributed by atoms with van der Waals surface area (Å²) < 4.78 is 77.0. The molecule has 10 heteroatoms. The predicted octanol–water partition coefficient (Wildman–Crippen LogP) is 1.74. The smallest absolute Gasteiger partial charge is 0.368 e. The van der Waals surface area contributed by atoms with Crippen LogP contribution in [0, 0.1) is 0 Å². The van der Waals surface area contributed by atoms with Crippen LogP contribution in [0.3, 0.4) is 0 Å². The molecule has 0 aromatic carbocycles. The number of nitrogens with one attached hydrogen (secondary N) is 1. The van der Waals surface area contributed by atoms with Crippen molar-refractivity contribution < 1.29 is 35.9 Å². The average molecular weight is 310 g/mol. The van der Waals surface area contributed by atoms with Crippen molar-refractivity contribution in [2.24, 2.45) is 5.73 Å². The number of halogens is 6. The third-order valence-corrected chi connectivity index (χ3v) is 2.59. The monoisotopic (exact) mass is 310 g/mol. The zero-order valence-corrected chi connectivity index (χ0v) is 10.9. The van der Waals surface area contributed by atoms with Crippen LogP contribution < -0.4 is 11.1 Å². The Balaban J connectivity index is 4.70. The zero-order valence-electron chi connectivity index (χ0n) is 10.9. The number of primary amides is 1. The lowest BCUT2D eigenvalue weighted by atomic mass is 9.97. The van der Waals surface area contributed by atoms with Crippen molar-refractivity contribution in [3.8, 4) is 0 Å². The Hall–Kier alpha value is -1.03. The Bertz CT molecular complexity index is 317. The molecule has 0 radical (unpaired) electrons. The van der Waals surface area contributed by atoms with Gasteiger partial charge in [0.15, 0.2) is 0 Å². The molecule has 20 heavy (non-hydrogen) atoms. The van der Waals surface area contributed by atoms with Crippen LogP contribution in [-0.2, 0) is 9.53 Å². The quantitative estimate of drug-likeness (QED) is 0.704. The molecule has 0 aliphatic carbocycles. The van der Waals surface area contributed by atoms with Crippen molar-refractivity contribution in [2.75, 3.05) is 13.2 Å². The van der Waals surface area contributed by atoms with Gasteiger partial charge < -0.3 is 15.8 Å². The number of nitrogens with two attached hydrogens (primary N) is 1. The molecule has 1 atom stereocenters. The van der Waals surface area contributed by atoms with E-state index in [0.29, 0.717) is 0 Å². The minimum absolute atomic E-state index is 0.265. The maximum atomic E-state index is 12.2. The van der Waals surface area contributed by atoms with Gasteiger partial charge in [-0.1, -0.05) is 6.92 Å². The molecule has 0 aliphatic heterocycles. The third-order valence-electron chi connectivity index (χ3n) is 2.59. The van der Waals surface area contributed by atoms with Gasteiger partial charge in [0.05, 0.1) is 12.1 Å². The number of likely N-dealkylation sites (N-methyl/N-ethyl adjacent to an activating group) is 1. The van der Waals surface area contributed by atoms with Gasteiger partial charge in [-0.25, -0.2) is 0 Å². The van der Waals surface area contributed by atoms with Crippen LogP contribution in [0.25, 0.3) is 0 Å². The van der Waals surface area contributed by atoms with Crippen LogP contribution in [0.2, 0.25) is 0 Å². The van der Waals surface area contributed by atoms with Gasteiger partial charge in [-0.05, 0) is 19.9 Å². The molecule has 3 N–H and O–H groups in total. The fourth-order valence-corrected chi connectivity index (χ4v) is 1.44. The summed E-state index contributed by atoms with van der Waals surface area (Å²) in [4.78, 5) is 11.1. The van der Waals surface area contributed by atoms with E-state index in [1.165, 1.54) is 6.92 Å². The van der Waals surface area contributed by atoms with E-state index in [9.17, 15) is 31.1 Å². The van der Waals surface area contributed by atoms with Crippen molar-refractivity contribution in [3.05, 3.63) is 0 Å². The van der Waals surface area contributed by atoms with Gasteiger partial charge >= 0.3 is 12.4 Å².